The van der Waals surface area contributed by atoms with E-state index < -0.39 is 17.4 Å². The van der Waals surface area contributed by atoms with E-state index in [0.717, 1.165) is 36.2 Å². The monoisotopic (exact) mass is 440 g/mol. The number of benzene rings is 2. The summed E-state index contributed by atoms with van der Waals surface area (Å²) in [5.41, 5.74) is 1.69. The topological polar surface area (TPSA) is 73.4 Å². The third-order valence-electron chi connectivity index (χ3n) is 4.88. The largest absolute Gasteiger partial charge is 0.490 e. The summed E-state index contributed by atoms with van der Waals surface area (Å²) < 4.78 is 39.1. The molecule has 0 aliphatic rings. The molecule has 2 aromatic carbocycles. The Hall–Kier alpha value is -3.59. The van der Waals surface area contributed by atoms with E-state index in [-0.39, 0.29) is 17.6 Å². The average molecular weight is 440 g/mol. The maximum Gasteiger partial charge on any atom is 0.420 e. The number of nitrogens with zero attached hydrogens (tertiary/aromatic N) is 4. The molecule has 166 valence electrons. The fraction of sp³-hybridized carbons (Fsp3) is 0.261. The van der Waals surface area contributed by atoms with Gasteiger partial charge in [-0.2, -0.15) is 0 Å². The molecule has 0 fully saturated rings. The molecular formula is C23H22F2N4O3. The number of halogens is 2. The lowest BCUT2D eigenvalue weighted by Gasteiger charge is -2.10. The van der Waals surface area contributed by atoms with E-state index in [1.54, 1.807) is 12.4 Å². The van der Waals surface area contributed by atoms with E-state index in [1.807, 2.05) is 38.4 Å². The summed E-state index contributed by atoms with van der Waals surface area (Å²) in [6, 6.07) is 9.14. The summed E-state index contributed by atoms with van der Waals surface area (Å²) >= 11 is 0. The molecule has 9 heteroatoms. The van der Waals surface area contributed by atoms with Crippen molar-refractivity contribution in [2.45, 2.75) is 13.0 Å². The Morgan fingerprint density at radius 3 is 2.59 bits per heavy atom. The molecule has 0 spiro atoms. The van der Waals surface area contributed by atoms with Crippen LogP contribution in [0, 0.1) is 11.6 Å². The summed E-state index contributed by atoms with van der Waals surface area (Å²) in [6.07, 6.45) is 4.14. The van der Waals surface area contributed by atoms with Gasteiger partial charge in [0.2, 0.25) is 0 Å². The normalized spacial score (nSPS) is 11.4. The van der Waals surface area contributed by atoms with Gasteiger partial charge in [-0.3, -0.25) is 4.57 Å². The molecule has 0 N–H and O–H groups in total. The number of ether oxygens (including phenoxy) is 1. The highest BCUT2D eigenvalue weighted by Crippen LogP contribution is 2.21. The van der Waals surface area contributed by atoms with Gasteiger partial charge in [-0.1, -0.05) is 18.2 Å². The number of fused-ring (bicyclic) bond motifs is 1. The fourth-order valence-electron chi connectivity index (χ4n) is 3.31. The quantitative estimate of drug-likeness (QED) is 0.389. The molecule has 7 nitrogen and oxygen atoms in total. The molecule has 0 aliphatic heterocycles. The molecule has 2 heterocycles. The van der Waals surface area contributed by atoms with Crippen molar-refractivity contribution < 1.29 is 17.9 Å². The summed E-state index contributed by atoms with van der Waals surface area (Å²) in [7, 11) is 4.02. The highest BCUT2D eigenvalue weighted by atomic mass is 19.2. The predicted molar refractivity (Wildman–Crippen MR) is 116 cm³/mol. The lowest BCUT2D eigenvalue weighted by Crippen LogP contribution is -2.15. The minimum atomic E-state index is -1.07. The van der Waals surface area contributed by atoms with Gasteiger partial charge in [0.15, 0.2) is 28.8 Å². The molecule has 0 amide bonds. The Bertz CT molecular complexity index is 1280. The first-order valence-corrected chi connectivity index (χ1v) is 10.1. The summed E-state index contributed by atoms with van der Waals surface area (Å²) in [5, 5.41) is 0. The van der Waals surface area contributed by atoms with Gasteiger partial charge >= 0.3 is 5.76 Å². The number of oxazole rings is 1. The Morgan fingerprint density at radius 2 is 1.84 bits per heavy atom. The zero-order valence-electron chi connectivity index (χ0n) is 17.7. The third-order valence-corrected chi connectivity index (χ3v) is 4.88. The SMILES string of the molecule is CN(C)CCCOc1cnc(-c2cccc(Cn3c(=O)oc4cc(F)c(F)cc43)c2)nc1. The van der Waals surface area contributed by atoms with Crippen molar-refractivity contribution in [3.05, 3.63) is 76.5 Å². The van der Waals surface area contributed by atoms with Crippen LogP contribution in [0.3, 0.4) is 0 Å². The van der Waals surface area contributed by atoms with E-state index in [4.69, 9.17) is 9.15 Å². The minimum absolute atomic E-state index is 0.00504. The number of aromatic nitrogens is 3. The fourth-order valence-corrected chi connectivity index (χ4v) is 3.31. The van der Waals surface area contributed by atoms with Crippen LogP contribution < -0.4 is 10.5 Å². The van der Waals surface area contributed by atoms with Gasteiger partial charge in [-0.25, -0.2) is 23.5 Å². The molecule has 0 aliphatic carbocycles. The second-order valence-electron chi connectivity index (χ2n) is 7.64. The van der Waals surface area contributed by atoms with Crippen LogP contribution in [0.2, 0.25) is 0 Å². The molecule has 0 radical (unpaired) electrons. The van der Waals surface area contributed by atoms with Crippen molar-refractivity contribution in [2.24, 2.45) is 0 Å². The van der Waals surface area contributed by atoms with Gasteiger partial charge in [-0.15, -0.1) is 0 Å². The summed E-state index contributed by atoms with van der Waals surface area (Å²) in [5.74, 6) is -1.71. The van der Waals surface area contributed by atoms with Crippen LogP contribution in [0.1, 0.15) is 12.0 Å². The van der Waals surface area contributed by atoms with Crippen LogP contribution >= 0.6 is 0 Å². The molecular weight excluding hydrogens is 418 g/mol. The Labute approximate surface area is 182 Å². The average Bonchev–Trinajstić information content (AvgIpc) is 3.06. The zero-order valence-corrected chi connectivity index (χ0v) is 17.7. The Morgan fingerprint density at radius 1 is 1.09 bits per heavy atom. The lowest BCUT2D eigenvalue weighted by molar-refractivity contribution is 0.280. The molecule has 0 bridgehead atoms. The maximum atomic E-state index is 13.7. The molecule has 32 heavy (non-hydrogen) atoms. The summed E-state index contributed by atoms with van der Waals surface area (Å²) in [4.78, 5) is 23.0. The lowest BCUT2D eigenvalue weighted by atomic mass is 10.1. The van der Waals surface area contributed by atoms with Crippen molar-refractivity contribution in [3.8, 4) is 17.1 Å². The van der Waals surface area contributed by atoms with E-state index in [1.165, 1.54) is 4.57 Å². The van der Waals surface area contributed by atoms with Crippen LogP contribution in [0.5, 0.6) is 5.75 Å². The third kappa shape index (κ3) is 4.83. The van der Waals surface area contributed by atoms with Crippen LogP contribution in [0.25, 0.3) is 22.5 Å². The second-order valence-corrected chi connectivity index (χ2v) is 7.64. The predicted octanol–water partition coefficient (Wildman–Crippen LogP) is 3.71. The van der Waals surface area contributed by atoms with Gasteiger partial charge in [-0.05, 0) is 32.1 Å². The van der Waals surface area contributed by atoms with E-state index in [2.05, 4.69) is 14.9 Å². The van der Waals surface area contributed by atoms with Crippen LogP contribution in [-0.4, -0.2) is 46.7 Å². The Kier molecular flexibility index (Phi) is 6.27. The van der Waals surface area contributed by atoms with Crippen LogP contribution in [0.4, 0.5) is 8.78 Å². The van der Waals surface area contributed by atoms with Crippen molar-refractivity contribution in [3.63, 3.8) is 0 Å². The molecule has 2 aromatic heterocycles. The molecule has 0 unspecified atom stereocenters. The maximum absolute atomic E-state index is 13.7. The number of hydrogen-bond donors (Lipinski definition) is 0. The first-order chi connectivity index (χ1) is 15.4. The van der Waals surface area contributed by atoms with Crippen molar-refractivity contribution in [1.29, 1.82) is 0 Å². The van der Waals surface area contributed by atoms with Crippen molar-refractivity contribution in [2.75, 3.05) is 27.2 Å². The van der Waals surface area contributed by atoms with Crippen LogP contribution in [0.15, 0.2) is 58.0 Å². The van der Waals surface area contributed by atoms with Gasteiger partial charge in [0.25, 0.3) is 0 Å². The Balaban J connectivity index is 1.51. The molecule has 4 rings (SSSR count). The standard InChI is InChI=1S/C23H22F2N4O3/c1-28(2)7-4-8-31-17-12-26-22(27-13-17)16-6-3-5-15(9-16)14-29-20-10-18(24)19(25)11-21(20)32-23(29)30/h3,5-6,9-13H,4,7-8,14H2,1-2H3. The van der Waals surface area contributed by atoms with Crippen LogP contribution in [-0.2, 0) is 6.54 Å². The van der Waals surface area contributed by atoms with Gasteiger partial charge in [0, 0.05) is 24.2 Å². The molecule has 0 saturated heterocycles. The molecule has 4 aromatic rings. The zero-order chi connectivity index (χ0) is 22.7. The van der Waals surface area contributed by atoms with Crippen molar-refractivity contribution in [1.82, 2.24) is 19.4 Å². The van der Waals surface area contributed by atoms with Gasteiger partial charge < -0.3 is 14.1 Å². The summed E-state index contributed by atoms with van der Waals surface area (Å²) in [6.45, 7) is 1.63. The van der Waals surface area contributed by atoms with E-state index >= 15 is 0 Å². The van der Waals surface area contributed by atoms with Gasteiger partial charge in [0.1, 0.15) is 0 Å². The van der Waals surface area contributed by atoms with Crippen molar-refractivity contribution >= 4 is 11.1 Å². The second kappa shape index (κ2) is 9.27. The smallest absolute Gasteiger partial charge is 0.420 e. The number of hydrogen-bond acceptors (Lipinski definition) is 6. The number of rotatable bonds is 8. The van der Waals surface area contributed by atoms with Gasteiger partial charge in [0.05, 0.1) is 31.1 Å². The minimum Gasteiger partial charge on any atom is -0.490 e. The highest BCUT2D eigenvalue weighted by Gasteiger charge is 2.14. The van der Waals surface area contributed by atoms with E-state index in [0.29, 0.717) is 18.2 Å². The highest BCUT2D eigenvalue weighted by molar-refractivity contribution is 5.73. The molecule has 0 saturated carbocycles. The first kappa shape index (κ1) is 21.6. The van der Waals surface area contributed by atoms with E-state index in [9.17, 15) is 13.6 Å². The molecule has 0 atom stereocenters. The first-order valence-electron chi connectivity index (χ1n) is 10.1.